The predicted octanol–water partition coefficient (Wildman–Crippen LogP) is 4.64. The molecule has 1 aliphatic carbocycles. The third-order valence-corrected chi connectivity index (χ3v) is 9.21. The molecule has 3 heterocycles. The van der Waals surface area contributed by atoms with Crippen LogP contribution >= 0.6 is 0 Å². The molecular formula is C32H37F3N4O6S. The van der Waals surface area contributed by atoms with E-state index >= 15 is 8.78 Å². The Morgan fingerprint density at radius 2 is 1.80 bits per heavy atom. The van der Waals surface area contributed by atoms with Gasteiger partial charge in [-0.3, -0.25) is 9.78 Å². The first kappa shape index (κ1) is 33.8. The van der Waals surface area contributed by atoms with Gasteiger partial charge >= 0.3 is 0 Å². The number of carbonyl (C=O) groups is 1. The Kier molecular flexibility index (Phi) is 10.6. The molecule has 1 aliphatic heterocycles. The van der Waals surface area contributed by atoms with Gasteiger partial charge < -0.3 is 25.3 Å². The van der Waals surface area contributed by atoms with Crippen LogP contribution in [0.3, 0.4) is 0 Å². The van der Waals surface area contributed by atoms with Crippen molar-refractivity contribution in [2.75, 3.05) is 37.1 Å². The summed E-state index contributed by atoms with van der Waals surface area (Å²) >= 11 is 0. The lowest BCUT2D eigenvalue weighted by Gasteiger charge is -2.39. The third-order valence-electron chi connectivity index (χ3n) is 8.31. The second-order valence-electron chi connectivity index (χ2n) is 11.9. The molecule has 2 aromatic heterocycles. The predicted molar refractivity (Wildman–Crippen MR) is 165 cm³/mol. The maximum absolute atomic E-state index is 15.2. The minimum atomic E-state index is -3.17. The molecule has 4 atom stereocenters. The summed E-state index contributed by atoms with van der Waals surface area (Å²) < 4.78 is 85.0. The first-order valence-electron chi connectivity index (χ1n) is 15.1. The smallest absolute Gasteiger partial charge is 0.274 e. The summed E-state index contributed by atoms with van der Waals surface area (Å²) in [6.45, 7) is 2.99. The highest BCUT2D eigenvalue weighted by molar-refractivity contribution is 7.90. The number of ether oxygens (including phenoxy) is 3. The molecule has 14 heteroatoms. The monoisotopic (exact) mass is 662 g/mol. The van der Waals surface area contributed by atoms with E-state index in [-0.39, 0.29) is 53.9 Å². The Morgan fingerprint density at radius 1 is 1.09 bits per heavy atom. The van der Waals surface area contributed by atoms with Crippen molar-refractivity contribution in [3.05, 3.63) is 71.4 Å². The maximum atomic E-state index is 15.2. The van der Waals surface area contributed by atoms with Crippen LogP contribution in [0, 0.1) is 23.4 Å². The van der Waals surface area contributed by atoms with Gasteiger partial charge in [-0.25, -0.2) is 26.6 Å². The van der Waals surface area contributed by atoms with E-state index in [1.165, 1.54) is 6.20 Å². The summed E-state index contributed by atoms with van der Waals surface area (Å²) in [5.74, 6) is -4.12. The lowest BCUT2D eigenvalue weighted by Crippen LogP contribution is -2.47. The SMILES string of the molecule is C[C@H]1C[C@@H](c2ccncc2NC(=O)c2ccc(F)c(-c3c(F)cc(OC4CCOCC4)cc3F)n2)C[C@@H](N)[C@H]1OCCS(C)(=O)=O. The van der Waals surface area contributed by atoms with Crippen molar-refractivity contribution in [1.82, 2.24) is 9.97 Å². The van der Waals surface area contributed by atoms with Crippen LogP contribution in [0.4, 0.5) is 18.9 Å². The Bertz CT molecular complexity index is 1640. The number of rotatable bonds is 10. The van der Waals surface area contributed by atoms with Crippen molar-refractivity contribution in [2.24, 2.45) is 11.7 Å². The van der Waals surface area contributed by atoms with Gasteiger partial charge in [0.15, 0.2) is 0 Å². The zero-order chi connectivity index (χ0) is 33.0. The van der Waals surface area contributed by atoms with Crippen LogP contribution in [0.25, 0.3) is 11.3 Å². The molecule has 3 aromatic rings. The lowest BCUT2D eigenvalue weighted by atomic mass is 9.74. The molecule has 1 saturated carbocycles. The van der Waals surface area contributed by atoms with E-state index in [4.69, 9.17) is 19.9 Å². The fourth-order valence-corrected chi connectivity index (χ4v) is 6.47. The van der Waals surface area contributed by atoms with Gasteiger partial charge in [-0.1, -0.05) is 6.92 Å². The highest BCUT2D eigenvalue weighted by Gasteiger charge is 2.36. The zero-order valence-electron chi connectivity index (χ0n) is 25.5. The van der Waals surface area contributed by atoms with Crippen molar-refractivity contribution in [1.29, 1.82) is 0 Å². The Labute approximate surface area is 265 Å². The molecule has 1 aromatic carbocycles. The topological polar surface area (TPSA) is 143 Å². The maximum Gasteiger partial charge on any atom is 0.274 e. The number of halogens is 3. The largest absolute Gasteiger partial charge is 0.490 e. The number of benzene rings is 1. The van der Waals surface area contributed by atoms with E-state index < -0.39 is 44.5 Å². The van der Waals surface area contributed by atoms with Gasteiger partial charge in [0.05, 0.1) is 49.1 Å². The molecule has 0 radical (unpaired) electrons. The molecule has 2 aliphatic rings. The summed E-state index contributed by atoms with van der Waals surface area (Å²) in [6, 6.07) is 5.38. The molecule has 0 bridgehead atoms. The molecule has 2 fully saturated rings. The van der Waals surface area contributed by atoms with Gasteiger partial charge in [-0.2, -0.15) is 0 Å². The van der Waals surface area contributed by atoms with Crippen molar-refractivity contribution in [3.63, 3.8) is 0 Å². The molecule has 1 saturated heterocycles. The summed E-state index contributed by atoms with van der Waals surface area (Å²) in [5.41, 5.74) is 5.97. The lowest BCUT2D eigenvalue weighted by molar-refractivity contribution is -0.0152. The number of nitrogens with zero attached hydrogens (tertiary/aromatic N) is 2. The molecule has 0 unspecified atom stereocenters. The quantitative estimate of drug-likeness (QED) is 0.318. The van der Waals surface area contributed by atoms with Gasteiger partial charge in [0.25, 0.3) is 5.91 Å². The fraction of sp³-hybridized carbons (Fsp3) is 0.469. The number of amides is 1. The number of hydrogen-bond donors (Lipinski definition) is 2. The van der Waals surface area contributed by atoms with Gasteiger partial charge in [-0.05, 0) is 48.4 Å². The third kappa shape index (κ3) is 8.21. The molecule has 248 valence electrons. The fourth-order valence-electron chi connectivity index (χ4n) is 6.07. The normalized spacial score (nSPS) is 22.4. The second kappa shape index (κ2) is 14.4. The minimum absolute atomic E-state index is 0.00962. The van der Waals surface area contributed by atoms with E-state index in [0.717, 1.165) is 36.1 Å². The number of pyridine rings is 2. The number of anilines is 1. The Hall–Kier alpha value is -3.59. The number of carbonyl (C=O) groups excluding carboxylic acids is 1. The summed E-state index contributed by atoms with van der Waals surface area (Å²) in [5, 5.41) is 2.76. The van der Waals surface area contributed by atoms with Crippen molar-refractivity contribution < 1.29 is 40.6 Å². The summed E-state index contributed by atoms with van der Waals surface area (Å²) in [6.07, 6.45) is 5.93. The van der Waals surface area contributed by atoms with Crippen molar-refractivity contribution in [2.45, 2.75) is 56.8 Å². The number of nitrogens with one attached hydrogen (secondary N) is 1. The molecule has 1 amide bonds. The van der Waals surface area contributed by atoms with Crippen LogP contribution in [0.15, 0.2) is 42.7 Å². The van der Waals surface area contributed by atoms with Gasteiger partial charge in [0.1, 0.15) is 50.5 Å². The van der Waals surface area contributed by atoms with E-state index in [0.29, 0.717) is 44.6 Å². The summed E-state index contributed by atoms with van der Waals surface area (Å²) in [4.78, 5) is 21.5. The Morgan fingerprint density at radius 3 is 2.48 bits per heavy atom. The average Bonchev–Trinajstić information content (AvgIpc) is 2.99. The molecule has 10 nitrogen and oxygen atoms in total. The van der Waals surface area contributed by atoms with Crippen LogP contribution < -0.4 is 15.8 Å². The first-order valence-corrected chi connectivity index (χ1v) is 17.2. The highest BCUT2D eigenvalue weighted by atomic mass is 32.2. The van der Waals surface area contributed by atoms with Crippen LogP contribution in [-0.2, 0) is 19.3 Å². The van der Waals surface area contributed by atoms with Crippen LogP contribution in [0.1, 0.15) is 54.6 Å². The van der Waals surface area contributed by atoms with Crippen molar-refractivity contribution in [3.8, 4) is 17.0 Å². The van der Waals surface area contributed by atoms with E-state index in [9.17, 15) is 17.6 Å². The zero-order valence-corrected chi connectivity index (χ0v) is 26.4. The Balaban J connectivity index is 1.31. The van der Waals surface area contributed by atoms with Gasteiger partial charge in [-0.15, -0.1) is 0 Å². The molecule has 5 rings (SSSR count). The number of hydrogen-bond acceptors (Lipinski definition) is 9. The second-order valence-corrected chi connectivity index (χ2v) is 14.2. The molecule has 46 heavy (non-hydrogen) atoms. The minimum Gasteiger partial charge on any atom is -0.490 e. The van der Waals surface area contributed by atoms with E-state index in [1.54, 1.807) is 12.3 Å². The summed E-state index contributed by atoms with van der Waals surface area (Å²) in [7, 11) is -3.17. The molecule has 0 spiro atoms. The number of sulfone groups is 1. The van der Waals surface area contributed by atoms with Gasteiger partial charge in [0, 0.05) is 43.5 Å². The van der Waals surface area contributed by atoms with Crippen LogP contribution in [-0.4, -0.2) is 74.4 Å². The average molecular weight is 663 g/mol. The van der Waals surface area contributed by atoms with Gasteiger partial charge in [0.2, 0.25) is 0 Å². The highest BCUT2D eigenvalue weighted by Crippen LogP contribution is 2.40. The number of aromatic nitrogens is 2. The number of nitrogens with two attached hydrogens (primary N) is 1. The van der Waals surface area contributed by atoms with E-state index in [1.807, 2.05) is 6.92 Å². The molecular weight excluding hydrogens is 625 g/mol. The molecule has 3 N–H and O–H groups in total. The van der Waals surface area contributed by atoms with E-state index in [2.05, 4.69) is 15.3 Å². The van der Waals surface area contributed by atoms with Crippen LogP contribution in [0.2, 0.25) is 0 Å². The standard InChI is InChI=1S/C32H37F3N4O6S/c1-18-13-19(14-26(36)31(18)44-11-12-46(2,41)42)22-5-8-37-17-28(22)39-32(40)27-4-3-23(33)30(38-27)29-24(34)15-21(16-25(29)35)45-20-6-9-43-10-7-20/h3-5,8,15-20,26,31H,6-7,9-14,36H2,1-2H3,(H,39,40)/t18-,19+,26+,31-/m0/s1. The first-order chi connectivity index (χ1) is 21.9. The van der Waals surface area contributed by atoms with Crippen LogP contribution in [0.5, 0.6) is 5.75 Å². The van der Waals surface area contributed by atoms with Crippen molar-refractivity contribution >= 4 is 21.4 Å².